The first kappa shape index (κ1) is 25.9. The van der Waals surface area contributed by atoms with E-state index in [2.05, 4.69) is 23.8 Å². The van der Waals surface area contributed by atoms with Crippen molar-refractivity contribution in [2.75, 3.05) is 7.11 Å². The summed E-state index contributed by atoms with van der Waals surface area (Å²) in [6, 6.07) is 5.95. The predicted octanol–water partition coefficient (Wildman–Crippen LogP) is 6.10. The zero-order valence-corrected chi connectivity index (χ0v) is 23.4. The van der Waals surface area contributed by atoms with Gasteiger partial charge in [0.25, 0.3) is 0 Å². The van der Waals surface area contributed by atoms with Crippen LogP contribution in [0.15, 0.2) is 18.2 Å². The number of aryl methyl sites for hydroxylation is 2. The van der Waals surface area contributed by atoms with E-state index < -0.39 is 0 Å². The van der Waals surface area contributed by atoms with Crippen molar-refractivity contribution in [3.05, 3.63) is 68.8 Å². The minimum atomic E-state index is -0.268. The summed E-state index contributed by atoms with van der Waals surface area (Å²) in [5.74, 6) is -0.232. The zero-order chi connectivity index (χ0) is 28.3. The number of fused-ring (bicyclic) bond motifs is 8. The van der Waals surface area contributed by atoms with Gasteiger partial charge in [-0.2, -0.15) is 0 Å². The summed E-state index contributed by atoms with van der Waals surface area (Å²) in [6.07, 6.45) is 3.41. The summed E-state index contributed by atoms with van der Waals surface area (Å²) in [5.41, 5.74) is 12.7. The molecule has 204 valence electrons. The van der Waals surface area contributed by atoms with Crippen LogP contribution >= 0.6 is 0 Å². The Morgan fingerprint density at radius 3 is 2.52 bits per heavy atom. The van der Waals surface area contributed by atoms with Gasteiger partial charge < -0.3 is 14.7 Å². The van der Waals surface area contributed by atoms with Gasteiger partial charge in [0, 0.05) is 57.9 Å². The van der Waals surface area contributed by atoms with Gasteiger partial charge in [-0.3, -0.25) is 19.4 Å². The number of hydrogen-bond acceptors (Lipinski definition) is 6. The molecule has 5 heterocycles. The number of ether oxygens (including phenoxy) is 1. The first-order valence-corrected chi connectivity index (χ1v) is 13.8. The van der Waals surface area contributed by atoms with Crippen LogP contribution in [-0.4, -0.2) is 45.1 Å². The van der Waals surface area contributed by atoms with Crippen molar-refractivity contribution in [3.63, 3.8) is 0 Å². The standard InChI is InChI=1S/C32H32N4O4/c1-6-20-15(2)24-12-27-22(14-37)16(3)23(34-27)10-19-9-18(7-8-29(39)40-5)31(33-19)21-11-28(38)30-17(4)25(36-32(21)30)13-26(20)35-24/h10,12-14,18,34,36H,6-9,11H2,1-5H3/t18-/m0/s1. The van der Waals surface area contributed by atoms with Gasteiger partial charge in [-0.25, -0.2) is 4.98 Å². The average Bonchev–Trinajstić information content (AvgIpc) is 3.70. The van der Waals surface area contributed by atoms with E-state index in [1.165, 1.54) is 7.11 Å². The molecule has 0 fully saturated rings. The molecule has 2 N–H and O–H groups in total. The SMILES string of the molecule is CCC1=C(C)c2cc3[nH]c(cc4nc(c5c6[nH]c(cc1n2)c(C)c6C(=O)C5)[C@@H](CCC(=O)OC)C4)c(C)c3C=O. The number of methoxy groups -OCH3 is 1. The molecule has 8 nitrogen and oxygen atoms in total. The monoisotopic (exact) mass is 536 g/mol. The average molecular weight is 537 g/mol. The van der Waals surface area contributed by atoms with E-state index in [1.807, 2.05) is 32.0 Å². The number of nitrogens with zero attached hydrogens (tertiary/aromatic N) is 2. The van der Waals surface area contributed by atoms with Crippen LogP contribution in [0, 0.1) is 13.8 Å². The quantitative estimate of drug-likeness (QED) is 0.300. The van der Waals surface area contributed by atoms with Crippen LogP contribution < -0.4 is 0 Å². The van der Waals surface area contributed by atoms with Crippen LogP contribution in [0.3, 0.4) is 0 Å². The second-order valence-electron chi connectivity index (χ2n) is 10.9. The number of aldehydes is 1. The lowest BCUT2D eigenvalue weighted by atomic mass is 9.93. The molecule has 6 rings (SSSR count). The lowest BCUT2D eigenvalue weighted by Gasteiger charge is -2.10. The lowest BCUT2D eigenvalue weighted by molar-refractivity contribution is -0.140. The van der Waals surface area contributed by atoms with E-state index in [0.717, 1.165) is 79.9 Å². The number of H-pyrrole nitrogens is 2. The highest BCUT2D eigenvalue weighted by Gasteiger charge is 2.32. The number of allylic oxidation sites excluding steroid dienone is 2. The van der Waals surface area contributed by atoms with Gasteiger partial charge in [-0.1, -0.05) is 6.92 Å². The summed E-state index contributed by atoms with van der Waals surface area (Å²) in [5, 5.41) is 0. The van der Waals surface area contributed by atoms with E-state index >= 15 is 0 Å². The number of rotatable bonds is 5. The van der Waals surface area contributed by atoms with Crippen LogP contribution in [0.2, 0.25) is 0 Å². The fourth-order valence-corrected chi connectivity index (χ4v) is 6.40. The molecule has 40 heavy (non-hydrogen) atoms. The Hall–Kier alpha value is -4.33. The molecule has 2 aliphatic heterocycles. The molecule has 0 spiro atoms. The summed E-state index contributed by atoms with van der Waals surface area (Å²) in [6.45, 7) is 8.06. The van der Waals surface area contributed by atoms with Gasteiger partial charge in [0.1, 0.15) is 0 Å². The van der Waals surface area contributed by atoms with Gasteiger partial charge in [-0.15, -0.1) is 0 Å². The molecule has 3 aromatic rings. The Morgan fingerprint density at radius 2 is 1.80 bits per heavy atom. The third-order valence-electron chi connectivity index (χ3n) is 8.65. The van der Waals surface area contributed by atoms with E-state index in [-0.39, 0.29) is 30.5 Å². The molecule has 8 bridgehead atoms. The van der Waals surface area contributed by atoms with Gasteiger partial charge >= 0.3 is 5.97 Å². The topological polar surface area (TPSA) is 118 Å². The minimum absolute atomic E-state index is 0.0362. The molecule has 3 aliphatic rings. The molecular formula is C32H32N4O4. The Labute approximate surface area is 231 Å². The molecule has 0 radical (unpaired) electrons. The molecule has 8 heteroatoms. The van der Waals surface area contributed by atoms with Crippen LogP contribution in [0.1, 0.15) is 99.2 Å². The number of aromatic amines is 2. The number of esters is 1. The second-order valence-corrected chi connectivity index (χ2v) is 10.9. The highest BCUT2D eigenvalue weighted by Crippen LogP contribution is 2.39. The third-order valence-corrected chi connectivity index (χ3v) is 8.65. The Bertz CT molecular complexity index is 1820. The summed E-state index contributed by atoms with van der Waals surface area (Å²) < 4.78 is 4.90. The molecule has 0 amide bonds. The number of carbonyl (C=O) groups is 3. The van der Waals surface area contributed by atoms with Crippen LogP contribution in [-0.2, 0) is 22.4 Å². The third kappa shape index (κ3) is 4.01. The van der Waals surface area contributed by atoms with Crippen molar-refractivity contribution in [1.29, 1.82) is 0 Å². The molecule has 0 aromatic carbocycles. The van der Waals surface area contributed by atoms with Gasteiger partial charge in [-0.05, 0) is 80.5 Å². The zero-order valence-electron chi connectivity index (χ0n) is 23.4. The summed E-state index contributed by atoms with van der Waals surface area (Å²) in [7, 11) is 1.39. The van der Waals surface area contributed by atoms with E-state index in [1.54, 1.807) is 0 Å². The summed E-state index contributed by atoms with van der Waals surface area (Å²) >= 11 is 0. The fraction of sp³-hybridized carbons (Fsp3) is 0.344. The van der Waals surface area contributed by atoms with E-state index in [4.69, 9.17) is 14.7 Å². The van der Waals surface area contributed by atoms with Crippen molar-refractivity contribution in [2.24, 2.45) is 0 Å². The van der Waals surface area contributed by atoms with Gasteiger partial charge in [0.05, 0.1) is 29.5 Å². The predicted molar refractivity (Wildman–Crippen MR) is 154 cm³/mol. The molecular weight excluding hydrogens is 504 g/mol. The van der Waals surface area contributed by atoms with E-state index in [9.17, 15) is 14.4 Å². The molecule has 1 atom stereocenters. The van der Waals surface area contributed by atoms with Crippen LogP contribution in [0.5, 0.6) is 0 Å². The maximum absolute atomic E-state index is 13.3. The second kappa shape index (κ2) is 9.70. The van der Waals surface area contributed by atoms with Crippen LogP contribution in [0.25, 0.3) is 33.2 Å². The largest absolute Gasteiger partial charge is 0.469 e. The number of aromatic nitrogens is 4. The Balaban J connectivity index is 1.72. The first-order valence-electron chi connectivity index (χ1n) is 13.8. The van der Waals surface area contributed by atoms with Gasteiger partial charge in [0.15, 0.2) is 12.1 Å². The number of ketones is 1. The van der Waals surface area contributed by atoms with Gasteiger partial charge in [0.2, 0.25) is 0 Å². The molecule has 0 unspecified atom stereocenters. The number of hydrogen-bond donors (Lipinski definition) is 2. The van der Waals surface area contributed by atoms with Crippen molar-refractivity contribution >= 4 is 51.3 Å². The Kier molecular flexibility index (Phi) is 6.28. The maximum atomic E-state index is 13.3. The summed E-state index contributed by atoms with van der Waals surface area (Å²) in [4.78, 5) is 54.5. The normalized spacial score (nSPS) is 16.1. The molecule has 0 saturated heterocycles. The number of carbonyl (C=O) groups excluding carboxylic acids is 3. The molecule has 3 aromatic heterocycles. The smallest absolute Gasteiger partial charge is 0.305 e. The minimum Gasteiger partial charge on any atom is -0.469 e. The fourth-order valence-electron chi connectivity index (χ4n) is 6.40. The highest BCUT2D eigenvalue weighted by atomic mass is 16.5. The molecule has 1 aliphatic carbocycles. The highest BCUT2D eigenvalue weighted by molar-refractivity contribution is 6.13. The number of nitrogens with one attached hydrogen (secondary N) is 2. The van der Waals surface area contributed by atoms with Crippen molar-refractivity contribution in [1.82, 2.24) is 19.9 Å². The molecule has 0 saturated carbocycles. The van der Waals surface area contributed by atoms with Crippen LogP contribution in [0.4, 0.5) is 0 Å². The first-order chi connectivity index (χ1) is 19.2. The lowest BCUT2D eigenvalue weighted by Crippen LogP contribution is -2.06. The number of Topliss-reactive ketones (excluding diaryl/α,β-unsaturated/α-hetero) is 1. The van der Waals surface area contributed by atoms with Crippen molar-refractivity contribution in [2.45, 2.75) is 65.7 Å². The Morgan fingerprint density at radius 1 is 1.05 bits per heavy atom. The maximum Gasteiger partial charge on any atom is 0.305 e. The van der Waals surface area contributed by atoms with Crippen molar-refractivity contribution < 1.29 is 19.1 Å². The van der Waals surface area contributed by atoms with E-state index in [0.29, 0.717) is 29.5 Å². The van der Waals surface area contributed by atoms with Crippen molar-refractivity contribution in [3.8, 4) is 0 Å².